The maximum Gasteiger partial charge on any atom is 0.330 e. The van der Waals surface area contributed by atoms with Crippen LogP contribution in [0.5, 0.6) is 5.75 Å². The van der Waals surface area contributed by atoms with Crippen molar-refractivity contribution in [2.24, 2.45) is 0 Å². The SMILES string of the molecule is CCOC(=O)/C=C(\C)C(O)c1cccc(OC)c1. The van der Waals surface area contributed by atoms with Gasteiger partial charge in [0.05, 0.1) is 13.7 Å². The van der Waals surface area contributed by atoms with Gasteiger partial charge in [-0.2, -0.15) is 0 Å². The molecule has 1 N–H and O–H groups in total. The average Bonchev–Trinajstić information content (AvgIpc) is 2.38. The van der Waals surface area contributed by atoms with Crippen molar-refractivity contribution < 1.29 is 19.4 Å². The monoisotopic (exact) mass is 250 g/mol. The molecule has 4 nitrogen and oxygen atoms in total. The molecule has 0 radical (unpaired) electrons. The second kappa shape index (κ2) is 6.81. The summed E-state index contributed by atoms with van der Waals surface area (Å²) in [5, 5.41) is 10.1. The molecule has 0 amide bonds. The van der Waals surface area contributed by atoms with Crippen LogP contribution in [0.3, 0.4) is 0 Å². The van der Waals surface area contributed by atoms with E-state index in [2.05, 4.69) is 0 Å². The molecule has 0 spiro atoms. The van der Waals surface area contributed by atoms with E-state index in [1.165, 1.54) is 6.08 Å². The van der Waals surface area contributed by atoms with Crippen LogP contribution in [0.25, 0.3) is 0 Å². The summed E-state index contributed by atoms with van der Waals surface area (Å²) in [6, 6.07) is 7.08. The maximum atomic E-state index is 11.3. The van der Waals surface area contributed by atoms with E-state index in [1.54, 1.807) is 45.2 Å². The van der Waals surface area contributed by atoms with Crippen LogP contribution in [0.1, 0.15) is 25.5 Å². The number of aliphatic hydroxyl groups excluding tert-OH is 1. The molecule has 4 heteroatoms. The van der Waals surface area contributed by atoms with Crippen LogP contribution in [0.2, 0.25) is 0 Å². The Morgan fingerprint density at radius 2 is 2.22 bits per heavy atom. The van der Waals surface area contributed by atoms with Crippen LogP contribution < -0.4 is 4.74 Å². The third kappa shape index (κ3) is 3.89. The average molecular weight is 250 g/mol. The molecule has 1 rings (SSSR count). The van der Waals surface area contributed by atoms with Gasteiger partial charge >= 0.3 is 5.97 Å². The fraction of sp³-hybridized carbons (Fsp3) is 0.357. The predicted octanol–water partition coefficient (Wildman–Crippen LogP) is 2.24. The van der Waals surface area contributed by atoms with Crippen molar-refractivity contribution >= 4 is 5.97 Å². The van der Waals surface area contributed by atoms with E-state index < -0.39 is 12.1 Å². The number of aliphatic hydroxyl groups is 1. The van der Waals surface area contributed by atoms with E-state index in [-0.39, 0.29) is 0 Å². The zero-order chi connectivity index (χ0) is 13.5. The fourth-order valence-electron chi connectivity index (χ4n) is 1.52. The Morgan fingerprint density at radius 1 is 1.50 bits per heavy atom. The molecule has 0 aromatic heterocycles. The molecule has 1 aromatic carbocycles. The van der Waals surface area contributed by atoms with Gasteiger partial charge in [0.1, 0.15) is 11.9 Å². The minimum Gasteiger partial charge on any atom is -0.497 e. The molecule has 0 bridgehead atoms. The first-order valence-electron chi connectivity index (χ1n) is 5.75. The lowest BCUT2D eigenvalue weighted by atomic mass is 10.0. The Bertz CT molecular complexity index is 437. The summed E-state index contributed by atoms with van der Waals surface area (Å²) < 4.78 is 9.87. The summed E-state index contributed by atoms with van der Waals surface area (Å²) in [5.41, 5.74) is 1.20. The summed E-state index contributed by atoms with van der Waals surface area (Å²) in [6.45, 7) is 3.73. The van der Waals surface area contributed by atoms with Crippen molar-refractivity contribution in [2.75, 3.05) is 13.7 Å². The van der Waals surface area contributed by atoms with Crippen LogP contribution in [0, 0.1) is 0 Å². The highest BCUT2D eigenvalue weighted by Gasteiger charge is 2.12. The van der Waals surface area contributed by atoms with Gasteiger partial charge in [0.2, 0.25) is 0 Å². The Morgan fingerprint density at radius 3 is 2.83 bits per heavy atom. The summed E-state index contributed by atoms with van der Waals surface area (Å²) in [5.74, 6) is 0.215. The first-order chi connectivity index (χ1) is 8.58. The molecule has 1 aromatic rings. The summed E-state index contributed by atoms with van der Waals surface area (Å²) in [4.78, 5) is 11.3. The molecule has 0 saturated heterocycles. The molecule has 0 heterocycles. The number of rotatable bonds is 5. The van der Waals surface area contributed by atoms with Crippen molar-refractivity contribution in [1.82, 2.24) is 0 Å². The second-order valence-corrected chi connectivity index (χ2v) is 3.82. The van der Waals surface area contributed by atoms with Gasteiger partial charge in [-0.3, -0.25) is 0 Å². The smallest absolute Gasteiger partial charge is 0.330 e. The molecule has 0 aliphatic carbocycles. The van der Waals surface area contributed by atoms with Gasteiger partial charge in [-0.25, -0.2) is 4.79 Å². The topological polar surface area (TPSA) is 55.8 Å². The third-order valence-corrected chi connectivity index (χ3v) is 2.47. The first kappa shape index (κ1) is 14.3. The number of benzene rings is 1. The highest BCUT2D eigenvalue weighted by molar-refractivity contribution is 5.82. The normalized spacial score (nSPS) is 13.0. The van der Waals surface area contributed by atoms with Gasteiger partial charge in [0.25, 0.3) is 0 Å². The number of carbonyl (C=O) groups excluding carboxylic acids is 1. The van der Waals surface area contributed by atoms with E-state index >= 15 is 0 Å². The van der Waals surface area contributed by atoms with Crippen molar-refractivity contribution in [2.45, 2.75) is 20.0 Å². The first-order valence-corrected chi connectivity index (χ1v) is 5.75. The molecule has 0 aliphatic rings. The van der Waals surface area contributed by atoms with Crippen molar-refractivity contribution in [1.29, 1.82) is 0 Å². The summed E-state index contributed by atoms with van der Waals surface area (Å²) >= 11 is 0. The predicted molar refractivity (Wildman–Crippen MR) is 68.3 cm³/mol. The number of hydrogen-bond donors (Lipinski definition) is 1. The lowest BCUT2D eigenvalue weighted by Crippen LogP contribution is -2.05. The fourth-order valence-corrected chi connectivity index (χ4v) is 1.52. The van der Waals surface area contributed by atoms with E-state index in [0.29, 0.717) is 23.5 Å². The molecular formula is C14H18O4. The largest absolute Gasteiger partial charge is 0.497 e. The lowest BCUT2D eigenvalue weighted by molar-refractivity contribution is -0.137. The van der Waals surface area contributed by atoms with Crippen LogP contribution in [0.15, 0.2) is 35.9 Å². The van der Waals surface area contributed by atoms with Crippen molar-refractivity contribution in [3.8, 4) is 5.75 Å². The van der Waals surface area contributed by atoms with Gasteiger partial charge in [0, 0.05) is 6.08 Å². The van der Waals surface area contributed by atoms with Crippen molar-refractivity contribution in [3.05, 3.63) is 41.5 Å². The molecule has 0 aliphatic heterocycles. The summed E-state index contributed by atoms with van der Waals surface area (Å²) in [6.07, 6.45) is 0.456. The molecule has 98 valence electrons. The number of carbonyl (C=O) groups is 1. The number of esters is 1. The van der Waals surface area contributed by atoms with E-state index in [0.717, 1.165) is 0 Å². The Labute approximate surface area is 107 Å². The van der Waals surface area contributed by atoms with Gasteiger partial charge in [-0.05, 0) is 37.1 Å². The van der Waals surface area contributed by atoms with Gasteiger partial charge in [-0.1, -0.05) is 12.1 Å². The van der Waals surface area contributed by atoms with E-state index in [4.69, 9.17) is 9.47 Å². The lowest BCUT2D eigenvalue weighted by Gasteiger charge is -2.12. The highest BCUT2D eigenvalue weighted by Crippen LogP contribution is 2.24. The number of ether oxygens (including phenoxy) is 2. The van der Waals surface area contributed by atoms with Crippen LogP contribution in [-0.4, -0.2) is 24.8 Å². The van der Waals surface area contributed by atoms with Crippen LogP contribution in [-0.2, 0) is 9.53 Å². The zero-order valence-electron chi connectivity index (χ0n) is 10.8. The highest BCUT2D eigenvalue weighted by atomic mass is 16.5. The summed E-state index contributed by atoms with van der Waals surface area (Å²) in [7, 11) is 1.56. The molecular weight excluding hydrogens is 232 g/mol. The maximum absolute atomic E-state index is 11.3. The molecule has 0 saturated carbocycles. The second-order valence-electron chi connectivity index (χ2n) is 3.82. The minimum atomic E-state index is -0.843. The Balaban J connectivity index is 2.85. The molecule has 0 fully saturated rings. The van der Waals surface area contributed by atoms with Crippen molar-refractivity contribution in [3.63, 3.8) is 0 Å². The van der Waals surface area contributed by atoms with E-state index in [1.807, 2.05) is 0 Å². The number of methoxy groups -OCH3 is 1. The third-order valence-electron chi connectivity index (χ3n) is 2.47. The van der Waals surface area contributed by atoms with Crippen LogP contribution in [0.4, 0.5) is 0 Å². The Kier molecular flexibility index (Phi) is 5.39. The molecule has 1 unspecified atom stereocenters. The quantitative estimate of drug-likeness (QED) is 0.643. The van der Waals surface area contributed by atoms with Gasteiger partial charge in [-0.15, -0.1) is 0 Å². The molecule has 18 heavy (non-hydrogen) atoms. The molecule has 1 atom stereocenters. The van der Waals surface area contributed by atoms with Gasteiger partial charge in [0.15, 0.2) is 0 Å². The Hall–Kier alpha value is -1.81. The number of hydrogen-bond acceptors (Lipinski definition) is 4. The van der Waals surface area contributed by atoms with Gasteiger partial charge < -0.3 is 14.6 Å². The van der Waals surface area contributed by atoms with E-state index in [9.17, 15) is 9.90 Å². The zero-order valence-corrected chi connectivity index (χ0v) is 10.8. The van der Waals surface area contributed by atoms with Crippen LogP contribution >= 0.6 is 0 Å². The minimum absolute atomic E-state index is 0.317. The standard InChI is InChI=1S/C14H18O4/c1-4-18-13(15)8-10(2)14(16)11-6-5-7-12(9-11)17-3/h5-9,14,16H,4H2,1-3H3/b10-8+.